The number of piperidine rings is 1. The molecule has 4 atom stereocenters. The summed E-state index contributed by atoms with van der Waals surface area (Å²) in [5, 5.41) is 10.3. The van der Waals surface area contributed by atoms with Gasteiger partial charge in [0.2, 0.25) is 5.91 Å². The van der Waals surface area contributed by atoms with E-state index >= 15 is 0 Å². The second-order valence-corrected chi connectivity index (χ2v) is 14.1. The third kappa shape index (κ3) is 6.62. The van der Waals surface area contributed by atoms with Gasteiger partial charge in [0, 0.05) is 35.2 Å². The first-order valence-electron chi connectivity index (χ1n) is 13.3. The molecule has 10 heteroatoms. The molecule has 2 aliphatic heterocycles. The monoisotopic (exact) mass is 595 g/mol. The molecule has 1 N–H and O–H groups in total. The van der Waals surface area contributed by atoms with Crippen molar-refractivity contribution in [1.82, 2.24) is 4.90 Å². The number of hydrogen-bond acceptors (Lipinski definition) is 5. The molecule has 2 aliphatic rings. The molecule has 39 heavy (non-hydrogen) atoms. The lowest BCUT2D eigenvalue weighted by Crippen LogP contribution is -2.57. The van der Waals surface area contributed by atoms with Gasteiger partial charge in [-0.05, 0) is 61.1 Å². The Bertz CT molecular complexity index is 1300. The lowest BCUT2D eigenvalue weighted by molar-refractivity contribution is -0.160. The Morgan fingerprint density at radius 3 is 2.36 bits per heavy atom. The van der Waals surface area contributed by atoms with Crippen LogP contribution in [0.25, 0.3) is 0 Å². The van der Waals surface area contributed by atoms with Crippen molar-refractivity contribution < 1.29 is 27.9 Å². The fourth-order valence-electron chi connectivity index (χ4n) is 6.12. The number of sulfone groups is 1. The van der Waals surface area contributed by atoms with Crippen molar-refractivity contribution in [3.63, 3.8) is 0 Å². The van der Waals surface area contributed by atoms with Gasteiger partial charge in [0.1, 0.15) is 0 Å². The summed E-state index contributed by atoms with van der Waals surface area (Å²) < 4.78 is 32.6. The summed E-state index contributed by atoms with van der Waals surface area (Å²) >= 11 is 12.6. The number of carboxylic acid groups (broad SMARTS) is 1. The molecule has 2 aromatic carbocycles. The number of ether oxygens (including phenoxy) is 1. The summed E-state index contributed by atoms with van der Waals surface area (Å²) in [6, 6.07) is 13.4. The summed E-state index contributed by atoms with van der Waals surface area (Å²) in [6.07, 6.45) is 1.15. The molecule has 0 radical (unpaired) electrons. The number of carbonyl (C=O) groups excluding carboxylic acids is 1. The zero-order valence-electron chi connectivity index (χ0n) is 22.2. The van der Waals surface area contributed by atoms with E-state index in [1.165, 1.54) is 0 Å². The molecule has 4 unspecified atom stereocenters. The standard InChI is InChI=1S/C29H35Cl2NO6S/c1-3-23(18-39(36,37)24-11-13-38-14-12-24)32-27(19-7-9-21(30)10-8-19)25(20-5-4-6-22(31)15-20)16-29(2,28(32)35)17-26(33)34/h4-10,15,23-25,27H,3,11-14,16-18H2,1-2H3,(H,33,34). The Kier molecular flexibility index (Phi) is 9.31. The second-order valence-electron chi connectivity index (χ2n) is 10.9. The van der Waals surface area contributed by atoms with Gasteiger partial charge in [-0.3, -0.25) is 9.59 Å². The Morgan fingerprint density at radius 2 is 1.77 bits per heavy atom. The van der Waals surface area contributed by atoms with E-state index in [2.05, 4.69) is 0 Å². The van der Waals surface area contributed by atoms with Crippen LogP contribution in [0, 0.1) is 5.41 Å². The Labute approximate surface area is 240 Å². The molecule has 1 amide bonds. The molecule has 0 aliphatic carbocycles. The minimum absolute atomic E-state index is 0.199. The Balaban J connectivity index is 1.86. The summed E-state index contributed by atoms with van der Waals surface area (Å²) in [5.41, 5.74) is 0.424. The topological polar surface area (TPSA) is 101 Å². The van der Waals surface area contributed by atoms with Crippen LogP contribution >= 0.6 is 23.2 Å². The first-order valence-corrected chi connectivity index (χ1v) is 15.8. The highest BCUT2D eigenvalue weighted by Gasteiger charge is 2.53. The first kappa shape index (κ1) is 29.8. The Hall–Kier alpha value is -2.13. The summed E-state index contributed by atoms with van der Waals surface area (Å²) in [6.45, 7) is 4.33. The van der Waals surface area contributed by atoms with Gasteiger partial charge in [-0.25, -0.2) is 8.42 Å². The van der Waals surface area contributed by atoms with Crippen molar-refractivity contribution in [2.75, 3.05) is 19.0 Å². The second kappa shape index (κ2) is 12.2. The number of nitrogens with zero attached hydrogens (tertiary/aromatic N) is 1. The molecule has 2 saturated heterocycles. The largest absolute Gasteiger partial charge is 0.481 e. The van der Waals surface area contributed by atoms with Crippen molar-refractivity contribution in [2.24, 2.45) is 5.41 Å². The van der Waals surface area contributed by atoms with Crippen LogP contribution < -0.4 is 0 Å². The van der Waals surface area contributed by atoms with Crippen LogP contribution in [0.4, 0.5) is 0 Å². The van der Waals surface area contributed by atoms with Crippen LogP contribution in [0.5, 0.6) is 0 Å². The number of carbonyl (C=O) groups is 2. The van der Waals surface area contributed by atoms with Crippen LogP contribution in [0.1, 0.15) is 69.0 Å². The highest BCUT2D eigenvalue weighted by atomic mass is 35.5. The van der Waals surface area contributed by atoms with Crippen molar-refractivity contribution in [1.29, 1.82) is 0 Å². The molecule has 0 bridgehead atoms. The van der Waals surface area contributed by atoms with Gasteiger partial charge < -0.3 is 14.7 Å². The summed E-state index contributed by atoms with van der Waals surface area (Å²) in [7, 11) is -3.56. The van der Waals surface area contributed by atoms with Crippen molar-refractivity contribution in [2.45, 2.75) is 69.2 Å². The van der Waals surface area contributed by atoms with Gasteiger partial charge >= 0.3 is 5.97 Å². The van der Waals surface area contributed by atoms with Gasteiger partial charge in [-0.15, -0.1) is 0 Å². The normalized spacial score (nSPS) is 25.4. The van der Waals surface area contributed by atoms with Gasteiger partial charge in [0.05, 0.1) is 28.9 Å². The van der Waals surface area contributed by atoms with Crippen molar-refractivity contribution >= 4 is 44.9 Å². The third-order valence-corrected chi connectivity index (χ3v) is 10.9. The molecule has 7 nitrogen and oxygen atoms in total. The van der Waals surface area contributed by atoms with Crippen LogP contribution in [-0.4, -0.2) is 60.6 Å². The predicted octanol–water partition coefficient (Wildman–Crippen LogP) is 5.90. The average Bonchev–Trinajstić information content (AvgIpc) is 2.89. The van der Waals surface area contributed by atoms with E-state index in [1.54, 1.807) is 30.0 Å². The van der Waals surface area contributed by atoms with E-state index in [0.29, 0.717) is 42.5 Å². The number of carboxylic acids is 1. The van der Waals surface area contributed by atoms with E-state index in [1.807, 2.05) is 37.3 Å². The summed E-state index contributed by atoms with van der Waals surface area (Å²) in [4.78, 5) is 28.0. The zero-order valence-corrected chi connectivity index (χ0v) is 24.5. The van der Waals surface area contributed by atoms with Gasteiger partial charge in [-0.1, -0.05) is 61.3 Å². The molecule has 4 rings (SSSR count). The van der Waals surface area contributed by atoms with E-state index in [4.69, 9.17) is 27.9 Å². The number of amides is 1. The number of halogens is 2. The molecule has 2 aromatic rings. The maximum Gasteiger partial charge on any atom is 0.304 e. The number of benzene rings is 2. The molecular formula is C29H35Cl2NO6S. The smallest absolute Gasteiger partial charge is 0.304 e. The van der Waals surface area contributed by atoms with Crippen LogP contribution in [0.2, 0.25) is 10.0 Å². The molecule has 0 saturated carbocycles. The fraction of sp³-hybridized carbons (Fsp3) is 0.517. The first-order chi connectivity index (χ1) is 18.4. The number of rotatable bonds is 9. The fourth-order valence-corrected chi connectivity index (χ4v) is 8.56. The van der Waals surface area contributed by atoms with Crippen molar-refractivity contribution in [3.05, 3.63) is 69.7 Å². The molecule has 212 valence electrons. The van der Waals surface area contributed by atoms with E-state index < -0.39 is 38.6 Å². The average molecular weight is 597 g/mol. The lowest BCUT2D eigenvalue weighted by Gasteiger charge is -2.52. The van der Waals surface area contributed by atoms with Gasteiger partial charge in [-0.2, -0.15) is 0 Å². The third-order valence-electron chi connectivity index (χ3n) is 8.10. The molecule has 2 heterocycles. The van der Waals surface area contributed by atoms with Crippen LogP contribution in [0.3, 0.4) is 0 Å². The molecule has 0 aromatic heterocycles. The SMILES string of the molecule is CCC(CS(=O)(=O)C1CCOCC1)N1C(=O)C(C)(CC(=O)O)CC(c2cccc(Cl)c2)C1c1ccc(Cl)cc1. The quantitative estimate of drug-likeness (QED) is 0.387. The minimum atomic E-state index is -3.56. The van der Waals surface area contributed by atoms with E-state index in [-0.39, 0.29) is 30.4 Å². The van der Waals surface area contributed by atoms with Gasteiger partial charge in [0.25, 0.3) is 0 Å². The highest BCUT2D eigenvalue weighted by molar-refractivity contribution is 7.92. The number of aliphatic carboxylic acids is 1. The highest BCUT2D eigenvalue weighted by Crippen LogP contribution is 2.52. The summed E-state index contributed by atoms with van der Waals surface area (Å²) in [5.74, 6) is -1.96. The Morgan fingerprint density at radius 1 is 1.10 bits per heavy atom. The lowest BCUT2D eigenvalue weighted by atomic mass is 9.67. The maximum atomic E-state index is 14.3. The molecule has 2 fully saturated rings. The molecular weight excluding hydrogens is 561 g/mol. The van der Waals surface area contributed by atoms with Crippen molar-refractivity contribution in [3.8, 4) is 0 Å². The van der Waals surface area contributed by atoms with Crippen LogP contribution in [0.15, 0.2) is 48.5 Å². The van der Waals surface area contributed by atoms with Crippen LogP contribution in [-0.2, 0) is 24.2 Å². The van der Waals surface area contributed by atoms with E-state index in [9.17, 15) is 23.1 Å². The number of hydrogen-bond donors (Lipinski definition) is 1. The van der Waals surface area contributed by atoms with Gasteiger partial charge in [0.15, 0.2) is 9.84 Å². The number of likely N-dealkylation sites (tertiary alicyclic amines) is 1. The maximum absolute atomic E-state index is 14.3. The minimum Gasteiger partial charge on any atom is -0.481 e. The van der Waals surface area contributed by atoms with E-state index in [0.717, 1.165) is 11.1 Å². The zero-order chi connectivity index (χ0) is 28.4. The predicted molar refractivity (Wildman–Crippen MR) is 152 cm³/mol. The molecule has 0 spiro atoms.